The van der Waals surface area contributed by atoms with Crippen molar-refractivity contribution in [3.05, 3.63) is 39.4 Å². The average molecular weight is 331 g/mol. The zero-order chi connectivity index (χ0) is 17.4. The van der Waals surface area contributed by atoms with Crippen LogP contribution in [0.25, 0.3) is 11.2 Å². The fourth-order valence-corrected chi connectivity index (χ4v) is 2.54. The van der Waals surface area contributed by atoms with Crippen LogP contribution in [0.3, 0.4) is 0 Å². The van der Waals surface area contributed by atoms with Crippen LogP contribution < -0.4 is 16.6 Å². The number of nitrogens with zero attached hydrogens (tertiary/aromatic N) is 6. The molecular weight excluding hydrogens is 314 g/mol. The minimum absolute atomic E-state index is 0.0984. The fraction of sp³-hybridized carbons (Fsp3) is 0.357. The van der Waals surface area contributed by atoms with Crippen molar-refractivity contribution in [2.24, 2.45) is 14.1 Å². The molecule has 3 heterocycles. The van der Waals surface area contributed by atoms with E-state index in [0.29, 0.717) is 12.4 Å². The van der Waals surface area contributed by atoms with Crippen LogP contribution in [0.5, 0.6) is 0 Å². The summed E-state index contributed by atoms with van der Waals surface area (Å²) in [7, 11) is 2.92. The number of amides is 1. The molecule has 1 N–H and O–H groups in total. The minimum atomic E-state index is -0.489. The molecule has 10 heteroatoms. The Hall–Kier alpha value is -3.17. The average Bonchev–Trinajstić information content (AvgIpc) is 3.17. The maximum atomic E-state index is 12.3. The number of nitrogens with one attached hydrogen (secondary N) is 1. The van der Waals surface area contributed by atoms with E-state index in [2.05, 4.69) is 15.4 Å². The maximum Gasteiger partial charge on any atom is 0.332 e. The molecule has 0 aliphatic rings. The van der Waals surface area contributed by atoms with E-state index >= 15 is 0 Å². The number of hydrogen-bond acceptors (Lipinski definition) is 5. The van der Waals surface area contributed by atoms with Gasteiger partial charge in [0.05, 0.1) is 12.5 Å². The van der Waals surface area contributed by atoms with E-state index in [0.717, 1.165) is 4.57 Å². The summed E-state index contributed by atoms with van der Waals surface area (Å²) in [5.41, 5.74) is -0.501. The summed E-state index contributed by atoms with van der Waals surface area (Å²) in [6.07, 6.45) is 2.97. The van der Waals surface area contributed by atoms with Crippen LogP contribution in [0.15, 0.2) is 28.2 Å². The third kappa shape index (κ3) is 2.41. The molecule has 0 aliphatic heterocycles. The van der Waals surface area contributed by atoms with Crippen molar-refractivity contribution < 1.29 is 4.79 Å². The lowest BCUT2D eigenvalue weighted by Gasteiger charge is -2.08. The number of aromatic nitrogens is 6. The van der Waals surface area contributed by atoms with Gasteiger partial charge in [-0.1, -0.05) is 0 Å². The lowest BCUT2D eigenvalue weighted by Crippen LogP contribution is -2.37. The summed E-state index contributed by atoms with van der Waals surface area (Å²) in [6.45, 7) is 2.44. The van der Waals surface area contributed by atoms with Gasteiger partial charge in [0.1, 0.15) is 12.4 Å². The van der Waals surface area contributed by atoms with Gasteiger partial charge in [-0.25, -0.2) is 14.5 Å². The van der Waals surface area contributed by atoms with Crippen molar-refractivity contribution >= 4 is 22.9 Å². The minimum Gasteiger partial charge on any atom is -0.315 e. The quantitative estimate of drug-likeness (QED) is 0.679. The summed E-state index contributed by atoms with van der Waals surface area (Å²) < 4.78 is 5.34. The third-order valence-corrected chi connectivity index (χ3v) is 3.81. The lowest BCUT2D eigenvalue weighted by atomic mass is 10.4. The smallest absolute Gasteiger partial charge is 0.315 e. The normalized spacial score (nSPS) is 11.1. The fourth-order valence-electron chi connectivity index (χ4n) is 2.54. The molecule has 0 atom stereocenters. The molecule has 1 amide bonds. The molecular formula is C14H17N7O3. The van der Waals surface area contributed by atoms with E-state index in [1.54, 1.807) is 16.9 Å². The second-order valence-corrected chi connectivity index (χ2v) is 5.33. The highest BCUT2D eigenvalue weighted by Gasteiger charge is 2.16. The molecule has 0 saturated heterocycles. The zero-order valence-corrected chi connectivity index (χ0v) is 13.6. The van der Waals surface area contributed by atoms with Crippen molar-refractivity contribution in [2.45, 2.75) is 20.0 Å². The summed E-state index contributed by atoms with van der Waals surface area (Å²) in [6, 6.07) is 1.69. The molecule has 0 aromatic carbocycles. The first-order valence-electron chi connectivity index (χ1n) is 7.36. The Labute approximate surface area is 135 Å². The monoisotopic (exact) mass is 331 g/mol. The van der Waals surface area contributed by atoms with Gasteiger partial charge in [0.25, 0.3) is 5.56 Å². The number of hydrogen-bond donors (Lipinski definition) is 1. The summed E-state index contributed by atoms with van der Waals surface area (Å²) in [4.78, 5) is 40.6. The van der Waals surface area contributed by atoms with Crippen LogP contribution in [-0.4, -0.2) is 34.4 Å². The van der Waals surface area contributed by atoms with Crippen LogP contribution in [0, 0.1) is 0 Å². The van der Waals surface area contributed by atoms with Gasteiger partial charge < -0.3 is 9.88 Å². The molecule has 126 valence electrons. The topological polar surface area (TPSA) is 109 Å². The molecule has 10 nitrogen and oxygen atoms in total. The van der Waals surface area contributed by atoms with Gasteiger partial charge in [-0.2, -0.15) is 5.10 Å². The first-order valence-corrected chi connectivity index (χ1v) is 7.36. The molecule has 0 fully saturated rings. The van der Waals surface area contributed by atoms with Gasteiger partial charge in [-0.15, -0.1) is 0 Å². The SMILES string of the molecule is CCn1nccc1NC(=O)Cn1cnc2c1c(=O)n(C)c(=O)n2C. The summed E-state index contributed by atoms with van der Waals surface area (Å²) in [5.74, 6) is 0.257. The second-order valence-electron chi connectivity index (χ2n) is 5.33. The van der Waals surface area contributed by atoms with Crippen molar-refractivity contribution in [3.63, 3.8) is 0 Å². The molecule has 0 saturated carbocycles. The highest BCUT2D eigenvalue weighted by molar-refractivity contribution is 5.90. The Morgan fingerprint density at radius 1 is 1.25 bits per heavy atom. The second kappa shape index (κ2) is 5.80. The van der Waals surface area contributed by atoms with Crippen molar-refractivity contribution in [1.82, 2.24) is 28.5 Å². The van der Waals surface area contributed by atoms with Crippen LogP contribution >= 0.6 is 0 Å². The van der Waals surface area contributed by atoms with Crippen LogP contribution in [0.1, 0.15) is 6.92 Å². The molecule has 0 spiro atoms. The van der Waals surface area contributed by atoms with Crippen LogP contribution in [0.4, 0.5) is 5.82 Å². The highest BCUT2D eigenvalue weighted by Crippen LogP contribution is 2.08. The summed E-state index contributed by atoms with van der Waals surface area (Å²) >= 11 is 0. The Morgan fingerprint density at radius 3 is 2.71 bits per heavy atom. The number of fused-ring (bicyclic) bond motifs is 1. The Balaban J connectivity index is 1.95. The standard InChI is InChI=1S/C14H17N7O3/c1-4-21-9(5-6-16-21)17-10(22)7-20-8-15-12-11(20)13(23)19(3)14(24)18(12)2/h5-6,8H,4,7H2,1-3H3,(H,17,22). The van der Waals surface area contributed by atoms with Gasteiger partial charge in [0.2, 0.25) is 5.91 Å². The first kappa shape index (κ1) is 15.7. The van der Waals surface area contributed by atoms with Gasteiger partial charge >= 0.3 is 5.69 Å². The molecule has 0 bridgehead atoms. The van der Waals surface area contributed by atoms with E-state index < -0.39 is 11.2 Å². The molecule has 24 heavy (non-hydrogen) atoms. The maximum absolute atomic E-state index is 12.3. The van der Waals surface area contributed by atoms with E-state index in [1.165, 1.54) is 29.6 Å². The van der Waals surface area contributed by atoms with Gasteiger partial charge in [-0.05, 0) is 6.92 Å². The van der Waals surface area contributed by atoms with Crippen molar-refractivity contribution in [2.75, 3.05) is 5.32 Å². The summed E-state index contributed by atoms with van der Waals surface area (Å²) in [5, 5.41) is 6.81. The van der Waals surface area contributed by atoms with E-state index in [-0.39, 0.29) is 23.6 Å². The number of imidazole rings is 1. The van der Waals surface area contributed by atoms with Crippen LogP contribution in [0.2, 0.25) is 0 Å². The zero-order valence-electron chi connectivity index (χ0n) is 13.6. The van der Waals surface area contributed by atoms with Gasteiger partial charge in [0.15, 0.2) is 11.2 Å². The van der Waals surface area contributed by atoms with Crippen molar-refractivity contribution in [3.8, 4) is 0 Å². The Kier molecular flexibility index (Phi) is 3.80. The third-order valence-electron chi connectivity index (χ3n) is 3.81. The number of rotatable bonds is 4. The van der Waals surface area contributed by atoms with Gasteiger partial charge in [-0.3, -0.25) is 18.7 Å². The van der Waals surface area contributed by atoms with E-state index in [4.69, 9.17) is 0 Å². The predicted molar refractivity (Wildman–Crippen MR) is 86.7 cm³/mol. The first-order chi connectivity index (χ1) is 11.4. The Bertz CT molecular complexity index is 1040. The largest absolute Gasteiger partial charge is 0.332 e. The van der Waals surface area contributed by atoms with E-state index in [9.17, 15) is 14.4 Å². The van der Waals surface area contributed by atoms with Gasteiger partial charge in [0, 0.05) is 26.7 Å². The number of aryl methyl sites for hydroxylation is 2. The molecule has 3 rings (SSSR count). The Morgan fingerprint density at radius 2 is 2.00 bits per heavy atom. The number of carbonyl (C=O) groups is 1. The lowest BCUT2D eigenvalue weighted by molar-refractivity contribution is -0.116. The number of carbonyl (C=O) groups excluding carboxylic acids is 1. The van der Waals surface area contributed by atoms with Crippen LogP contribution in [-0.2, 0) is 32.0 Å². The molecule has 3 aromatic rings. The number of anilines is 1. The molecule has 0 radical (unpaired) electrons. The molecule has 3 aromatic heterocycles. The predicted octanol–water partition coefficient (Wildman–Crippen LogP) is -0.711. The molecule has 0 unspecified atom stereocenters. The highest BCUT2D eigenvalue weighted by atomic mass is 16.2. The van der Waals surface area contributed by atoms with E-state index in [1.807, 2.05) is 6.92 Å². The van der Waals surface area contributed by atoms with Crippen molar-refractivity contribution in [1.29, 1.82) is 0 Å². The molecule has 0 aliphatic carbocycles.